The topological polar surface area (TPSA) is 50.3 Å². The SMILES string of the molecule is CCOCc1nc(Cl)cc(NCCC2CCN(C)CC2)n1. The Labute approximate surface area is 132 Å². The van der Waals surface area contributed by atoms with Gasteiger partial charge in [-0.3, -0.25) is 0 Å². The lowest BCUT2D eigenvalue weighted by atomic mass is 9.94. The van der Waals surface area contributed by atoms with E-state index in [1.165, 1.54) is 32.4 Å². The van der Waals surface area contributed by atoms with Crippen LogP contribution in [0.15, 0.2) is 6.07 Å². The number of hydrogen-bond acceptors (Lipinski definition) is 5. The van der Waals surface area contributed by atoms with Crippen LogP contribution in [0, 0.1) is 5.92 Å². The van der Waals surface area contributed by atoms with Crippen molar-refractivity contribution in [1.82, 2.24) is 14.9 Å². The van der Waals surface area contributed by atoms with Gasteiger partial charge in [0.2, 0.25) is 0 Å². The number of halogens is 1. The van der Waals surface area contributed by atoms with Crippen LogP contribution >= 0.6 is 11.6 Å². The Morgan fingerprint density at radius 1 is 1.38 bits per heavy atom. The zero-order valence-electron chi connectivity index (χ0n) is 12.9. The van der Waals surface area contributed by atoms with E-state index in [-0.39, 0.29) is 0 Å². The zero-order valence-corrected chi connectivity index (χ0v) is 13.7. The molecule has 0 unspecified atom stereocenters. The summed E-state index contributed by atoms with van der Waals surface area (Å²) in [4.78, 5) is 11.0. The van der Waals surface area contributed by atoms with Crippen molar-refractivity contribution in [3.05, 3.63) is 17.0 Å². The highest BCUT2D eigenvalue weighted by Gasteiger charge is 2.16. The first-order valence-electron chi connectivity index (χ1n) is 7.71. The van der Waals surface area contributed by atoms with Crippen molar-refractivity contribution in [2.45, 2.75) is 32.8 Å². The second-order valence-electron chi connectivity index (χ2n) is 5.59. The van der Waals surface area contributed by atoms with E-state index in [4.69, 9.17) is 16.3 Å². The second-order valence-corrected chi connectivity index (χ2v) is 5.98. The number of piperidine rings is 1. The third-order valence-corrected chi connectivity index (χ3v) is 4.07. The number of likely N-dealkylation sites (tertiary alicyclic amines) is 1. The minimum atomic E-state index is 0.403. The molecule has 1 aliphatic heterocycles. The van der Waals surface area contributed by atoms with Crippen LogP contribution in [0.4, 0.5) is 5.82 Å². The Bertz CT molecular complexity index is 436. The Morgan fingerprint density at radius 2 is 2.14 bits per heavy atom. The number of hydrogen-bond donors (Lipinski definition) is 1. The van der Waals surface area contributed by atoms with E-state index in [1.54, 1.807) is 6.07 Å². The van der Waals surface area contributed by atoms with E-state index < -0.39 is 0 Å². The summed E-state index contributed by atoms with van der Waals surface area (Å²) in [5.41, 5.74) is 0. The maximum Gasteiger partial charge on any atom is 0.158 e. The van der Waals surface area contributed by atoms with E-state index in [0.717, 1.165) is 18.3 Å². The Morgan fingerprint density at radius 3 is 2.86 bits per heavy atom. The maximum atomic E-state index is 6.02. The van der Waals surface area contributed by atoms with Crippen LogP contribution in [-0.4, -0.2) is 48.2 Å². The number of rotatable bonds is 7. The molecule has 5 nitrogen and oxygen atoms in total. The van der Waals surface area contributed by atoms with Gasteiger partial charge in [-0.15, -0.1) is 0 Å². The van der Waals surface area contributed by atoms with Crippen molar-refractivity contribution >= 4 is 17.4 Å². The monoisotopic (exact) mass is 312 g/mol. The van der Waals surface area contributed by atoms with Crippen LogP contribution in [-0.2, 0) is 11.3 Å². The molecule has 1 aromatic heterocycles. The fraction of sp³-hybridized carbons (Fsp3) is 0.733. The molecule has 118 valence electrons. The van der Waals surface area contributed by atoms with Gasteiger partial charge in [0.15, 0.2) is 5.82 Å². The fourth-order valence-electron chi connectivity index (χ4n) is 2.57. The summed E-state index contributed by atoms with van der Waals surface area (Å²) in [6, 6.07) is 1.77. The van der Waals surface area contributed by atoms with Gasteiger partial charge in [0.25, 0.3) is 0 Å². The summed E-state index contributed by atoms with van der Waals surface area (Å²) < 4.78 is 5.32. The van der Waals surface area contributed by atoms with Crippen molar-refractivity contribution in [2.75, 3.05) is 38.6 Å². The average Bonchev–Trinajstić information content (AvgIpc) is 2.47. The van der Waals surface area contributed by atoms with E-state index >= 15 is 0 Å². The van der Waals surface area contributed by atoms with Crippen LogP contribution < -0.4 is 5.32 Å². The summed E-state index contributed by atoms with van der Waals surface area (Å²) in [5.74, 6) is 2.23. The average molecular weight is 313 g/mol. The number of nitrogens with zero attached hydrogens (tertiary/aromatic N) is 3. The number of nitrogens with one attached hydrogen (secondary N) is 1. The Hall–Kier alpha value is -0.910. The van der Waals surface area contributed by atoms with Gasteiger partial charge in [0.05, 0.1) is 0 Å². The third kappa shape index (κ3) is 5.77. The molecule has 0 atom stereocenters. The van der Waals surface area contributed by atoms with Gasteiger partial charge in [0, 0.05) is 19.2 Å². The Balaban J connectivity index is 1.78. The van der Waals surface area contributed by atoms with Crippen LogP contribution in [0.25, 0.3) is 0 Å². The first-order chi connectivity index (χ1) is 10.2. The molecular formula is C15H25ClN4O. The summed E-state index contributed by atoms with van der Waals surface area (Å²) in [6.45, 7) is 6.35. The molecule has 2 rings (SSSR count). The molecular weight excluding hydrogens is 288 g/mol. The van der Waals surface area contributed by atoms with Crippen LogP contribution in [0.5, 0.6) is 0 Å². The molecule has 0 bridgehead atoms. The quantitative estimate of drug-likeness (QED) is 0.785. The molecule has 0 aromatic carbocycles. The summed E-state index contributed by atoms with van der Waals surface area (Å²) in [7, 11) is 2.19. The molecule has 1 N–H and O–H groups in total. The van der Waals surface area contributed by atoms with Crippen molar-refractivity contribution in [3.63, 3.8) is 0 Å². The standard InChI is InChI=1S/C15H25ClN4O/c1-3-21-11-15-18-13(16)10-14(19-15)17-7-4-12-5-8-20(2)9-6-12/h10,12H,3-9,11H2,1-2H3,(H,17,18,19). The van der Waals surface area contributed by atoms with Gasteiger partial charge < -0.3 is 15.0 Å². The second kappa shape index (κ2) is 8.51. The number of ether oxygens (including phenoxy) is 1. The van der Waals surface area contributed by atoms with Crippen molar-refractivity contribution in [3.8, 4) is 0 Å². The number of anilines is 1. The van der Waals surface area contributed by atoms with Gasteiger partial charge in [0.1, 0.15) is 17.6 Å². The molecule has 2 heterocycles. The molecule has 1 aromatic rings. The van der Waals surface area contributed by atoms with E-state index in [0.29, 0.717) is 24.2 Å². The number of aromatic nitrogens is 2. The summed E-state index contributed by atoms with van der Waals surface area (Å²) in [6.07, 6.45) is 3.76. The first-order valence-corrected chi connectivity index (χ1v) is 8.08. The predicted octanol–water partition coefficient (Wildman–Crippen LogP) is 2.81. The van der Waals surface area contributed by atoms with Crippen molar-refractivity contribution in [2.24, 2.45) is 5.92 Å². The molecule has 1 fully saturated rings. The van der Waals surface area contributed by atoms with Gasteiger partial charge in [-0.05, 0) is 52.2 Å². The zero-order chi connectivity index (χ0) is 15.1. The summed E-state index contributed by atoms with van der Waals surface area (Å²) in [5, 5.41) is 3.82. The summed E-state index contributed by atoms with van der Waals surface area (Å²) >= 11 is 6.02. The molecule has 21 heavy (non-hydrogen) atoms. The minimum absolute atomic E-state index is 0.403. The molecule has 1 saturated heterocycles. The Kier molecular flexibility index (Phi) is 6.67. The fourth-order valence-corrected chi connectivity index (χ4v) is 2.77. The molecule has 0 amide bonds. The molecule has 6 heteroatoms. The normalized spacial score (nSPS) is 17.1. The highest BCUT2D eigenvalue weighted by atomic mass is 35.5. The largest absolute Gasteiger partial charge is 0.374 e. The van der Waals surface area contributed by atoms with E-state index in [1.807, 2.05) is 6.92 Å². The molecule has 0 aliphatic carbocycles. The van der Waals surface area contributed by atoms with Crippen LogP contribution in [0.3, 0.4) is 0 Å². The third-order valence-electron chi connectivity index (χ3n) is 3.87. The highest BCUT2D eigenvalue weighted by molar-refractivity contribution is 6.29. The lowest BCUT2D eigenvalue weighted by Gasteiger charge is -2.28. The van der Waals surface area contributed by atoms with Gasteiger partial charge in [-0.1, -0.05) is 11.6 Å². The van der Waals surface area contributed by atoms with Gasteiger partial charge in [-0.25, -0.2) is 9.97 Å². The maximum absolute atomic E-state index is 6.02. The highest BCUT2D eigenvalue weighted by Crippen LogP contribution is 2.20. The first kappa shape index (κ1) is 16.5. The van der Waals surface area contributed by atoms with Crippen molar-refractivity contribution < 1.29 is 4.74 Å². The van der Waals surface area contributed by atoms with Gasteiger partial charge >= 0.3 is 0 Å². The lowest BCUT2D eigenvalue weighted by Crippen LogP contribution is -2.30. The van der Waals surface area contributed by atoms with E-state index in [9.17, 15) is 0 Å². The van der Waals surface area contributed by atoms with Crippen LogP contribution in [0.2, 0.25) is 5.15 Å². The van der Waals surface area contributed by atoms with Crippen molar-refractivity contribution in [1.29, 1.82) is 0 Å². The molecule has 1 aliphatic rings. The molecule has 0 saturated carbocycles. The minimum Gasteiger partial charge on any atom is -0.374 e. The van der Waals surface area contributed by atoms with Crippen LogP contribution in [0.1, 0.15) is 32.0 Å². The smallest absolute Gasteiger partial charge is 0.158 e. The van der Waals surface area contributed by atoms with E-state index in [2.05, 4.69) is 27.2 Å². The molecule has 0 spiro atoms. The molecule has 0 radical (unpaired) electrons. The van der Waals surface area contributed by atoms with Gasteiger partial charge in [-0.2, -0.15) is 0 Å². The predicted molar refractivity (Wildman–Crippen MR) is 85.7 cm³/mol. The lowest BCUT2D eigenvalue weighted by molar-refractivity contribution is 0.128.